The van der Waals surface area contributed by atoms with Crippen LogP contribution in [0.15, 0.2) is 357 Å². The van der Waals surface area contributed by atoms with Crippen LogP contribution >= 0.6 is 11.3 Å². The Kier molecular flexibility index (Phi) is 14.0. The molecule has 28 rings (SSSR count). The third-order valence-electron chi connectivity index (χ3n) is 27.3. The smallest absolute Gasteiger partial charge is 0.136 e. The molecule has 10 aromatic heterocycles. The number of hydrogen-bond donors (Lipinski definition) is 0. The summed E-state index contributed by atoms with van der Waals surface area (Å²) in [6.45, 7) is 4.58. The van der Waals surface area contributed by atoms with E-state index >= 15 is 0 Å². The molecule has 0 aliphatic heterocycles. The molecule has 0 atom stereocenters. The summed E-state index contributed by atoms with van der Waals surface area (Å²) in [5.74, 6) is 0. The average Bonchev–Trinajstić information content (AvgIpc) is 1.59. The van der Waals surface area contributed by atoms with Crippen LogP contribution in [0.1, 0.15) is 25.1 Å². The third kappa shape index (κ3) is 9.93. The van der Waals surface area contributed by atoms with Crippen molar-refractivity contribution in [2.45, 2.75) is 19.3 Å². The van der Waals surface area contributed by atoms with Gasteiger partial charge in [-0.3, -0.25) is 19.9 Å². The summed E-state index contributed by atoms with van der Waals surface area (Å²) in [7, 11) is 0. The molecule has 10 heteroatoms. The van der Waals surface area contributed by atoms with Crippen LogP contribution in [0.25, 0.3) is 283 Å². The van der Waals surface area contributed by atoms with Crippen molar-refractivity contribution in [1.82, 2.24) is 39.9 Å². The zero-order valence-electron chi connectivity index (χ0n) is 67.4. The van der Waals surface area contributed by atoms with Crippen LogP contribution in [-0.2, 0) is 5.41 Å². The molecule has 17 aromatic carbocycles. The van der Waals surface area contributed by atoms with Gasteiger partial charge in [-0.05, 0) is 241 Å². The molecule has 0 saturated heterocycles. The van der Waals surface area contributed by atoms with E-state index in [-0.39, 0.29) is 5.41 Å². The number of hydrogen-bond acceptors (Lipinski definition) is 10. The first-order chi connectivity index (χ1) is 61.7. The zero-order valence-corrected chi connectivity index (χ0v) is 68.2. The monoisotopic (exact) mass is 1600 g/mol. The van der Waals surface area contributed by atoms with Gasteiger partial charge in [-0.25, -0.2) is 19.9 Å². The van der Waals surface area contributed by atoms with E-state index in [9.17, 15) is 0 Å². The van der Waals surface area contributed by atoms with Crippen LogP contribution in [0.5, 0.6) is 0 Å². The first kappa shape index (κ1) is 68.6. The fourth-order valence-corrected chi connectivity index (χ4v) is 22.4. The number of benzene rings is 17. The Morgan fingerprint density at radius 3 is 1.49 bits per heavy atom. The highest BCUT2D eigenvalue weighted by atomic mass is 32.1. The molecule has 0 bridgehead atoms. The zero-order chi connectivity index (χ0) is 81.8. The summed E-state index contributed by atoms with van der Waals surface area (Å²) in [6.07, 6.45) is 7.47. The van der Waals surface area contributed by atoms with Gasteiger partial charge in [-0.15, -0.1) is 11.3 Å². The molecule has 125 heavy (non-hydrogen) atoms. The molecule has 0 unspecified atom stereocenters. The molecule has 9 nitrogen and oxygen atoms in total. The minimum Gasteiger partial charge on any atom is -0.456 e. The number of fused-ring (bicyclic) bond motifs is 36. The molecule has 576 valence electrons. The summed E-state index contributed by atoms with van der Waals surface area (Å²) < 4.78 is 9.55. The van der Waals surface area contributed by atoms with Crippen molar-refractivity contribution in [3.05, 3.63) is 364 Å². The van der Waals surface area contributed by atoms with Gasteiger partial charge in [-0.2, -0.15) is 0 Å². The summed E-state index contributed by atoms with van der Waals surface area (Å²) in [4.78, 5) is 41.9. The highest BCUT2D eigenvalue weighted by Crippen LogP contribution is 2.54. The second-order valence-corrected chi connectivity index (χ2v) is 35.4. The predicted molar refractivity (Wildman–Crippen MR) is 522 cm³/mol. The van der Waals surface area contributed by atoms with E-state index < -0.39 is 0 Å². The Morgan fingerprint density at radius 1 is 0.224 bits per heavy atom. The maximum atomic E-state index is 7.05. The predicted octanol–water partition coefficient (Wildman–Crippen LogP) is 30.7. The van der Waals surface area contributed by atoms with E-state index in [0.29, 0.717) is 0 Å². The summed E-state index contributed by atoms with van der Waals surface area (Å²) >= 11 is 1.86. The topological polar surface area (TPSA) is 116 Å². The molecule has 0 spiro atoms. The summed E-state index contributed by atoms with van der Waals surface area (Å²) in [5, 5.41) is 29.9. The van der Waals surface area contributed by atoms with Gasteiger partial charge in [0.05, 0.1) is 66.9 Å². The van der Waals surface area contributed by atoms with Gasteiger partial charge in [0.25, 0.3) is 0 Å². The Bertz CT molecular complexity index is 9630. The van der Waals surface area contributed by atoms with Crippen LogP contribution in [0, 0.1) is 0 Å². The second-order valence-electron chi connectivity index (χ2n) is 34.3. The van der Waals surface area contributed by atoms with Gasteiger partial charge in [0.1, 0.15) is 11.2 Å². The van der Waals surface area contributed by atoms with Crippen LogP contribution in [0.2, 0.25) is 0 Å². The molecular formula is C115H64N8OS. The summed E-state index contributed by atoms with van der Waals surface area (Å²) in [6, 6.07) is 120. The first-order valence-corrected chi connectivity index (χ1v) is 43.4. The maximum Gasteiger partial charge on any atom is 0.136 e. The molecule has 27 aromatic rings. The van der Waals surface area contributed by atoms with Gasteiger partial charge in [-0.1, -0.05) is 220 Å². The number of nitrogens with zero attached hydrogens (tertiary/aromatic N) is 8. The maximum absolute atomic E-state index is 7.05. The molecule has 10 heterocycles. The molecule has 0 radical (unpaired) electrons. The van der Waals surface area contributed by atoms with Crippen molar-refractivity contribution < 1.29 is 4.42 Å². The van der Waals surface area contributed by atoms with Gasteiger partial charge >= 0.3 is 0 Å². The van der Waals surface area contributed by atoms with E-state index in [0.717, 1.165) is 182 Å². The van der Waals surface area contributed by atoms with Gasteiger partial charge in [0.2, 0.25) is 0 Å². The third-order valence-corrected chi connectivity index (χ3v) is 28.4. The molecular weight excluding hydrogens is 1540 g/mol. The van der Waals surface area contributed by atoms with Gasteiger partial charge in [0.15, 0.2) is 0 Å². The Hall–Kier alpha value is -16.1. The van der Waals surface area contributed by atoms with Gasteiger partial charge in [0, 0.05) is 126 Å². The molecule has 0 saturated carbocycles. The highest BCUT2D eigenvalue weighted by molar-refractivity contribution is 7.26. The number of pyridine rings is 8. The fourth-order valence-electron chi connectivity index (χ4n) is 21.3. The van der Waals surface area contributed by atoms with Crippen LogP contribution in [0.3, 0.4) is 0 Å². The van der Waals surface area contributed by atoms with Crippen molar-refractivity contribution in [3.8, 4) is 78.3 Å². The lowest BCUT2D eigenvalue weighted by Gasteiger charge is -2.21. The Balaban J connectivity index is 0.540. The Labute approximate surface area is 716 Å². The van der Waals surface area contributed by atoms with Crippen molar-refractivity contribution in [1.29, 1.82) is 0 Å². The number of thiophene rings is 1. The van der Waals surface area contributed by atoms with Crippen molar-refractivity contribution >= 4 is 216 Å². The van der Waals surface area contributed by atoms with E-state index in [2.05, 4.69) is 317 Å². The fraction of sp³-hybridized carbons (Fsp3) is 0.0261. The van der Waals surface area contributed by atoms with Crippen LogP contribution in [0.4, 0.5) is 0 Å². The normalized spacial score (nSPS) is 12.9. The van der Waals surface area contributed by atoms with Gasteiger partial charge < -0.3 is 4.42 Å². The molecule has 0 N–H and O–H groups in total. The molecule has 0 amide bonds. The second kappa shape index (κ2) is 25.5. The van der Waals surface area contributed by atoms with E-state index in [1.807, 2.05) is 60.4 Å². The van der Waals surface area contributed by atoms with E-state index in [1.54, 1.807) is 0 Å². The summed E-state index contributed by atoms with van der Waals surface area (Å²) in [5.41, 5.74) is 25.2. The lowest BCUT2D eigenvalue weighted by molar-refractivity contribution is 0.640. The van der Waals surface area contributed by atoms with Crippen molar-refractivity contribution in [2.24, 2.45) is 0 Å². The van der Waals surface area contributed by atoms with E-state index in [1.165, 1.54) is 112 Å². The standard InChI is InChI=1S/C115H64N8OS/c1-115(2)97-42-35-68(51-90(97)96-57-95-77-22-8-5-19-74(77)81-25-13-49-119-110(81)113(95)123-114(96)115)99-44-41-83-85(53-70-16-12-48-118-108(70)112(83)121-99)88-58-100(122-111-82(88)40-32-64-15-11-47-117-107(64)111)62-28-26-61(27-29-62)66-33-39-79-91-55-87-84-50-67(34-38-78(84)72-17-3-6-20-75(72)89(87)59-102(91)124-101(79)54-66)71-23-9-24-80-73-18-4-7-21-76(73)86-56-93-92-52-69(37-45-103(92)125-104(93)60-94(86)105(71)80)98-43-36-65-31-30-63-14-10-46-116-106(63)109(65)120-98/h3-60H,1-2H3. The highest BCUT2D eigenvalue weighted by Gasteiger charge is 2.38. The SMILES string of the molecule is CC1(C)c2ccc(-c3ccc4c(-c5cc(-c6ccc(-c7ccc8c(c7)oc7cc9c%10ccccc%10c%10ccc(-c%11cccc%12c%13ccccc%13c%13cc%14c(cc%13c%11%12)sc%11ccc(-c%12ccc%13ccc%15cccnc%15c%13n%12)cc%11%14)cc%10c9cc78)cc6)nc6c5ccc5cccnc56)cc5cccnc5c4n3)cc2-c2cc3c4ccccc4c4cccnc4c3nc21. The number of aromatic nitrogens is 8. The number of rotatable bonds is 6. The molecule has 1 aliphatic carbocycles. The quantitative estimate of drug-likeness (QED) is 0.150. The number of furan rings is 1. The van der Waals surface area contributed by atoms with Crippen LogP contribution in [-0.4, -0.2) is 39.9 Å². The average molecular weight is 1610 g/mol. The van der Waals surface area contributed by atoms with Crippen molar-refractivity contribution in [3.63, 3.8) is 0 Å². The van der Waals surface area contributed by atoms with Crippen LogP contribution < -0.4 is 0 Å². The lowest BCUT2D eigenvalue weighted by Crippen LogP contribution is -2.16. The first-order valence-electron chi connectivity index (χ1n) is 42.5. The van der Waals surface area contributed by atoms with E-state index in [4.69, 9.17) is 44.3 Å². The largest absolute Gasteiger partial charge is 0.456 e. The molecule has 1 aliphatic rings. The molecule has 0 fully saturated rings. The minimum atomic E-state index is -0.353. The minimum absolute atomic E-state index is 0.353. The van der Waals surface area contributed by atoms with Crippen molar-refractivity contribution in [2.75, 3.05) is 0 Å². The Morgan fingerprint density at radius 2 is 0.712 bits per heavy atom. The lowest BCUT2D eigenvalue weighted by atomic mass is 9.84.